The van der Waals surface area contributed by atoms with Crippen LogP contribution in [0.4, 0.5) is 5.00 Å². The van der Waals surface area contributed by atoms with E-state index < -0.39 is 0 Å². The predicted molar refractivity (Wildman–Crippen MR) is 112 cm³/mol. The van der Waals surface area contributed by atoms with Crippen LogP contribution in [0.15, 0.2) is 24.3 Å². The lowest BCUT2D eigenvalue weighted by Gasteiger charge is -2.18. The zero-order chi connectivity index (χ0) is 21.1. The number of carbonyl (C=O) groups excluding carboxylic acids is 2. The van der Waals surface area contributed by atoms with E-state index in [0.29, 0.717) is 42.7 Å². The highest BCUT2D eigenvalue weighted by atomic mass is 32.1. The first-order valence-corrected chi connectivity index (χ1v) is 10.7. The molecule has 30 heavy (non-hydrogen) atoms. The summed E-state index contributed by atoms with van der Waals surface area (Å²) < 4.78 is 21.0. The van der Waals surface area contributed by atoms with Crippen LogP contribution in [0.5, 0.6) is 11.5 Å². The molecular formula is C21H25N3O5S. The molecule has 0 spiro atoms. The van der Waals surface area contributed by atoms with E-state index in [1.54, 1.807) is 12.0 Å². The quantitative estimate of drug-likeness (QED) is 0.725. The highest BCUT2D eigenvalue weighted by Crippen LogP contribution is 2.36. The molecule has 0 bridgehead atoms. The van der Waals surface area contributed by atoms with Crippen LogP contribution in [0.2, 0.25) is 0 Å². The van der Waals surface area contributed by atoms with Gasteiger partial charge in [0.1, 0.15) is 11.1 Å². The van der Waals surface area contributed by atoms with Crippen molar-refractivity contribution in [3.05, 3.63) is 35.5 Å². The van der Waals surface area contributed by atoms with Crippen molar-refractivity contribution in [2.45, 2.75) is 31.8 Å². The molecule has 0 aliphatic carbocycles. The zero-order valence-corrected chi connectivity index (χ0v) is 17.9. The number of hydrogen-bond donors (Lipinski definition) is 1. The SMILES string of the molecule is COc1ccc(C2CC(=O)N(CC(=O)Nc3cc(C)ns3)C2)cc1OC1CCOC1. The Labute approximate surface area is 179 Å². The van der Waals surface area contributed by atoms with Crippen molar-refractivity contribution in [3.63, 3.8) is 0 Å². The van der Waals surface area contributed by atoms with Crippen LogP contribution in [-0.4, -0.2) is 60.6 Å². The number of aromatic nitrogens is 1. The maximum atomic E-state index is 12.5. The van der Waals surface area contributed by atoms with E-state index in [4.69, 9.17) is 14.2 Å². The van der Waals surface area contributed by atoms with Crippen molar-refractivity contribution < 1.29 is 23.8 Å². The Hall–Kier alpha value is -2.65. The van der Waals surface area contributed by atoms with E-state index in [0.717, 1.165) is 17.7 Å². The number of methoxy groups -OCH3 is 1. The van der Waals surface area contributed by atoms with Gasteiger partial charge < -0.3 is 24.4 Å². The minimum Gasteiger partial charge on any atom is -0.493 e. The van der Waals surface area contributed by atoms with Crippen LogP contribution in [-0.2, 0) is 14.3 Å². The summed E-state index contributed by atoms with van der Waals surface area (Å²) >= 11 is 1.23. The highest BCUT2D eigenvalue weighted by molar-refractivity contribution is 7.10. The third kappa shape index (κ3) is 4.73. The molecule has 3 heterocycles. The van der Waals surface area contributed by atoms with Crippen molar-refractivity contribution in [1.82, 2.24) is 9.27 Å². The standard InChI is InChI=1S/C21H25N3O5S/c1-13-7-20(30-23-13)22-19(25)11-24-10-15(9-21(24)26)14-3-4-17(27-2)18(8-14)29-16-5-6-28-12-16/h3-4,7-8,15-16H,5-6,9-12H2,1-2H3,(H,22,25). The van der Waals surface area contributed by atoms with Crippen LogP contribution in [0.3, 0.4) is 0 Å². The topological polar surface area (TPSA) is 90.0 Å². The molecule has 9 heteroatoms. The second kappa shape index (κ2) is 9.01. The van der Waals surface area contributed by atoms with Crippen molar-refractivity contribution in [2.24, 2.45) is 0 Å². The normalized spacial score (nSPS) is 21.1. The number of hydrogen-bond acceptors (Lipinski definition) is 7. The summed E-state index contributed by atoms with van der Waals surface area (Å²) in [6.07, 6.45) is 1.22. The highest BCUT2D eigenvalue weighted by Gasteiger charge is 2.32. The monoisotopic (exact) mass is 431 g/mol. The lowest BCUT2D eigenvalue weighted by molar-refractivity contribution is -0.131. The molecule has 2 unspecified atom stereocenters. The van der Waals surface area contributed by atoms with E-state index in [2.05, 4.69) is 9.69 Å². The number of anilines is 1. The molecule has 0 saturated carbocycles. The van der Waals surface area contributed by atoms with Gasteiger partial charge in [0.25, 0.3) is 0 Å². The van der Waals surface area contributed by atoms with Gasteiger partial charge >= 0.3 is 0 Å². The van der Waals surface area contributed by atoms with Crippen molar-refractivity contribution in [3.8, 4) is 11.5 Å². The van der Waals surface area contributed by atoms with Gasteiger partial charge in [-0.3, -0.25) is 9.59 Å². The van der Waals surface area contributed by atoms with Gasteiger partial charge in [0.15, 0.2) is 11.5 Å². The maximum Gasteiger partial charge on any atom is 0.244 e. The average Bonchev–Trinajstić information content (AvgIpc) is 3.45. The van der Waals surface area contributed by atoms with Gasteiger partial charge in [0.05, 0.1) is 32.6 Å². The van der Waals surface area contributed by atoms with Gasteiger partial charge in [-0.25, -0.2) is 0 Å². The van der Waals surface area contributed by atoms with Crippen LogP contribution in [0.25, 0.3) is 0 Å². The first-order valence-electron chi connectivity index (χ1n) is 9.95. The van der Waals surface area contributed by atoms with E-state index in [9.17, 15) is 9.59 Å². The Kier molecular flexibility index (Phi) is 6.19. The Balaban J connectivity index is 1.40. The minimum absolute atomic E-state index is 0.00373. The number of carbonyl (C=O) groups is 2. The van der Waals surface area contributed by atoms with Gasteiger partial charge in [0.2, 0.25) is 11.8 Å². The van der Waals surface area contributed by atoms with Gasteiger partial charge in [0, 0.05) is 25.3 Å². The minimum atomic E-state index is -0.215. The lowest BCUT2D eigenvalue weighted by atomic mass is 9.98. The first kappa shape index (κ1) is 20.6. The summed E-state index contributed by atoms with van der Waals surface area (Å²) in [5.74, 6) is 1.08. The summed E-state index contributed by atoms with van der Waals surface area (Å²) in [5.41, 5.74) is 1.85. The molecule has 1 N–H and O–H groups in total. The fourth-order valence-electron chi connectivity index (χ4n) is 3.75. The van der Waals surface area contributed by atoms with Crippen molar-refractivity contribution >= 4 is 28.3 Å². The summed E-state index contributed by atoms with van der Waals surface area (Å²) in [4.78, 5) is 26.4. The number of nitrogens with zero attached hydrogens (tertiary/aromatic N) is 2. The number of amides is 2. The molecule has 2 aliphatic heterocycles. The van der Waals surface area contributed by atoms with E-state index in [1.165, 1.54) is 11.5 Å². The third-order valence-corrected chi connectivity index (χ3v) is 6.08. The molecule has 2 amide bonds. The van der Waals surface area contributed by atoms with E-state index >= 15 is 0 Å². The van der Waals surface area contributed by atoms with Gasteiger partial charge in [-0.1, -0.05) is 6.07 Å². The molecule has 2 aromatic rings. The molecule has 1 aromatic heterocycles. The lowest BCUT2D eigenvalue weighted by Crippen LogP contribution is -2.34. The first-order chi connectivity index (χ1) is 14.5. The average molecular weight is 432 g/mol. The maximum absolute atomic E-state index is 12.5. The molecule has 2 saturated heterocycles. The Morgan fingerprint density at radius 2 is 2.23 bits per heavy atom. The largest absolute Gasteiger partial charge is 0.493 e. The van der Waals surface area contributed by atoms with E-state index in [-0.39, 0.29) is 30.4 Å². The fourth-order valence-corrected chi connectivity index (χ4v) is 4.42. The van der Waals surface area contributed by atoms with Gasteiger partial charge in [-0.05, 0) is 42.2 Å². The molecular weight excluding hydrogens is 406 g/mol. The van der Waals surface area contributed by atoms with Crippen LogP contribution in [0, 0.1) is 6.92 Å². The van der Waals surface area contributed by atoms with Gasteiger partial charge in [-0.15, -0.1) is 0 Å². The predicted octanol–water partition coefficient (Wildman–Crippen LogP) is 2.58. The molecule has 0 radical (unpaired) electrons. The smallest absolute Gasteiger partial charge is 0.244 e. The molecule has 2 fully saturated rings. The van der Waals surface area contributed by atoms with Crippen molar-refractivity contribution in [1.29, 1.82) is 0 Å². The van der Waals surface area contributed by atoms with Crippen LogP contribution in [0.1, 0.15) is 30.0 Å². The van der Waals surface area contributed by atoms with Gasteiger partial charge in [-0.2, -0.15) is 4.37 Å². The second-order valence-electron chi connectivity index (χ2n) is 7.57. The zero-order valence-electron chi connectivity index (χ0n) is 17.1. The Morgan fingerprint density at radius 1 is 1.37 bits per heavy atom. The number of nitrogens with one attached hydrogen (secondary N) is 1. The molecule has 160 valence electrons. The third-order valence-electron chi connectivity index (χ3n) is 5.28. The number of aryl methyl sites for hydroxylation is 1. The second-order valence-corrected chi connectivity index (χ2v) is 8.37. The molecule has 1 aromatic carbocycles. The molecule has 2 atom stereocenters. The summed E-state index contributed by atoms with van der Waals surface area (Å²) in [7, 11) is 1.61. The summed E-state index contributed by atoms with van der Waals surface area (Å²) in [6, 6.07) is 7.58. The molecule has 2 aliphatic rings. The summed E-state index contributed by atoms with van der Waals surface area (Å²) in [6.45, 7) is 3.66. The molecule has 4 rings (SSSR count). The Morgan fingerprint density at radius 3 is 2.93 bits per heavy atom. The molecule has 8 nitrogen and oxygen atoms in total. The van der Waals surface area contributed by atoms with Crippen molar-refractivity contribution in [2.75, 3.05) is 38.7 Å². The van der Waals surface area contributed by atoms with E-state index in [1.807, 2.05) is 31.2 Å². The fraction of sp³-hybridized carbons (Fsp3) is 0.476. The number of ether oxygens (including phenoxy) is 3. The summed E-state index contributed by atoms with van der Waals surface area (Å²) in [5, 5.41) is 3.49. The number of rotatable bonds is 7. The number of likely N-dealkylation sites (tertiary alicyclic amines) is 1. The number of benzene rings is 1. The van der Waals surface area contributed by atoms with Crippen LogP contribution < -0.4 is 14.8 Å². The van der Waals surface area contributed by atoms with Crippen LogP contribution >= 0.6 is 11.5 Å². The Bertz CT molecular complexity index is 925.